The molecule has 0 radical (unpaired) electrons. The molecule has 0 saturated carbocycles. The predicted octanol–water partition coefficient (Wildman–Crippen LogP) is 2.06. The minimum atomic E-state index is 0.476. The first-order chi connectivity index (χ1) is 8.85. The van der Waals surface area contributed by atoms with Crippen molar-refractivity contribution in [3.63, 3.8) is 0 Å². The highest BCUT2D eigenvalue weighted by Gasteiger charge is 2.27. The first-order valence-electron chi connectivity index (χ1n) is 6.86. The highest BCUT2D eigenvalue weighted by molar-refractivity contribution is 5.20. The van der Waals surface area contributed by atoms with E-state index in [1.807, 2.05) is 0 Å². The van der Waals surface area contributed by atoms with Crippen molar-refractivity contribution in [2.75, 3.05) is 33.4 Å². The lowest BCUT2D eigenvalue weighted by Gasteiger charge is -2.40. The number of hydrogen-bond donors (Lipinski definition) is 1. The number of methoxy groups -OCH3 is 1. The van der Waals surface area contributed by atoms with E-state index in [0.717, 1.165) is 26.2 Å². The Bertz CT molecular complexity index is 342. The number of rotatable bonds is 5. The van der Waals surface area contributed by atoms with E-state index in [-0.39, 0.29) is 0 Å². The normalized spacial score (nSPS) is 25.2. The molecule has 1 aromatic carbocycles. The summed E-state index contributed by atoms with van der Waals surface area (Å²) in [5.41, 5.74) is 1.40. The highest BCUT2D eigenvalue weighted by Crippen LogP contribution is 2.23. The van der Waals surface area contributed by atoms with Gasteiger partial charge in [-0.1, -0.05) is 37.3 Å². The monoisotopic (exact) mass is 248 g/mol. The Kier molecular flexibility index (Phi) is 5.17. The number of benzene rings is 1. The zero-order valence-electron chi connectivity index (χ0n) is 11.4. The molecule has 1 N–H and O–H groups in total. The fraction of sp³-hybridized carbons (Fsp3) is 0.600. The molecule has 0 aromatic heterocycles. The Balaban J connectivity index is 2.07. The molecule has 0 spiro atoms. The van der Waals surface area contributed by atoms with Gasteiger partial charge in [-0.15, -0.1) is 0 Å². The number of nitrogens with one attached hydrogen (secondary N) is 1. The molecule has 0 amide bonds. The van der Waals surface area contributed by atoms with E-state index in [9.17, 15) is 0 Å². The van der Waals surface area contributed by atoms with Crippen molar-refractivity contribution in [3.8, 4) is 0 Å². The van der Waals surface area contributed by atoms with Gasteiger partial charge in [0.25, 0.3) is 0 Å². The van der Waals surface area contributed by atoms with Crippen LogP contribution in [0.2, 0.25) is 0 Å². The minimum Gasteiger partial charge on any atom is -0.383 e. The van der Waals surface area contributed by atoms with Crippen LogP contribution in [0.25, 0.3) is 0 Å². The standard InChI is InChI=1S/C15H24N2O/c1-3-14-12-17(9-10-18-2)15(11-16-14)13-7-5-4-6-8-13/h4-8,14-16H,3,9-12H2,1-2H3. The van der Waals surface area contributed by atoms with Gasteiger partial charge in [-0.2, -0.15) is 0 Å². The Morgan fingerprint density at radius 1 is 1.33 bits per heavy atom. The van der Waals surface area contributed by atoms with Crippen LogP contribution in [0.1, 0.15) is 24.9 Å². The smallest absolute Gasteiger partial charge is 0.0589 e. The van der Waals surface area contributed by atoms with Crippen LogP contribution < -0.4 is 5.32 Å². The van der Waals surface area contributed by atoms with E-state index in [1.54, 1.807) is 7.11 Å². The Hall–Kier alpha value is -0.900. The molecule has 1 aliphatic heterocycles. The third-order valence-corrected chi connectivity index (χ3v) is 3.76. The van der Waals surface area contributed by atoms with E-state index in [0.29, 0.717) is 12.1 Å². The van der Waals surface area contributed by atoms with Crippen LogP contribution >= 0.6 is 0 Å². The number of hydrogen-bond acceptors (Lipinski definition) is 3. The summed E-state index contributed by atoms with van der Waals surface area (Å²) in [4.78, 5) is 2.55. The fourth-order valence-electron chi connectivity index (χ4n) is 2.62. The summed E-state index contributed by atoms with van der Waals surface area (Å²) in [5.74, 6) is 0. The van der Waals surface area contributed by atoms with Gasteiger partial charge in [0, 0.05) is 38.8 Å². The molecule has 0 bridgehead atoms. The van der Waals surface area contributed by atoms with Crippen molar-refractivity contribution in [2.45, 2.75) is 25.4 Å². The molecule has 1 fully saturated rings. The quantitative estimate of drug-likeness (QED) is 0.863. The fourth-order valence-corrected chi connectivity index (χ4v) is 2.62. The molecule has 2 unspecified atom stereocenters. The molecule has 18 heavy (non-hydrogen) atoms. The second-order valence-corrected chi connectivity index (χ2v) is 4.93. The van der Waals surface area contributed by atoms with Crippen molar-refractivity contribution < 1.29 is 4.74 Å². The molecule has 2 atom stereocenters. The lowest BCUT2D eigenvalue weighted by atomic mass is 10.0. The first kappa shape index (κ1) is 13.5. The maximum atomic E-state index is 5.24. The van der Waals surface area contributed by atoms with Crippen LogP contribution in [0.3, 0.4) is 0 Å². The third kappa shape index (κ3) is 3.31. The average Bonchev–Trinajstić information content (AvgIpc) is 2.45. The summed E-state index contributed by atoms with van der Waals surface area (Å²) in [6, 6.07) is 11.8. The van der Waals surface area contributed by atoms with Crippen molar-refractivity contribution >= 4 is 0 Å². The number of nitrogens with zero attached hydrogens (tertiary/aromatic N) is 1. The molecular formula is C15H24N2O. The summed E-state index contributed by atoms with van der Waals surface area (Å²) in [6.45, 7) is 6.20. The maximum Gasteiger partial charge on any atom is 0.0589 e. The molecule has 1 aromatic rings. The van der Waals surface area contributed by atoms with Crippen LogP contribution in [-0.4, -0.2) is 44.3 Å². The van der Waals surface area contributed by atoms with Gasteiger partial charge in [0.2, 0.25) is 0 Å². The summed E-state index contributed by atoms with van der Waals surface area (Å²) in [6.07, 6.45) is 1.19. The Labute approximate surface area is 110 Å². The van der Waals surface area contributed by atoms with E-state index in [4.69, 9.17) is 4.74 Å². The Morgan fingerprint density at radius 3 is 2.78 bits per heavy atom. The van der Waals surface area contributed by atoms with Crippen molar-refractivity contribution in [1.82, 2.24) is 10.2 Å². The number of ether oxygens (including phenoxy) is 1. The zero-order chi connectivity index (χ0) is 12.8. The van der Waals surface area contributed by atoms with Gasteiger partial charge in [-0.3, -0.25) is 4.90 Å². The second kappa shape index (κ2) is 6.88. The lowest BCUT2D eigenvalue weighted by molar-refractivity contribution is 0.0854. The van der Waals surface area contributed by atoms with E-state index < -0.39 is 0 Å². The van der Waals surface area contributed by atoms with Crippen LogP contribution in [-0.2, 0) is 4.74 Å². The van der Waals surface area contributed by atoms with Crippen LogP contribution in [0.15, 0.2) is 30.3 Å². The van der Waals surface area contributed by atoms with E-state index in [1.165, 1.54) is 12.0 Å². The largest absolute Gasteiger partial charge is 0.383 e. The molecule has 3 nitrogen and oxygen atoms in total. The topological polar surface area (TPSA) is 24.5 Å². The van der Waals surface area contributed by atoms with Gasteiger partial charge in [0.1, 0.15) is 0 Å². The molecule has 100 valence electrons. The van der Waals surface area contributed by atoms with Crippen molar-refractivity contribution in [3.05, 3.63) is 35.9 Å². The predicted molar refractivity (Wildman–Crippen MR) is 74.7 cm³/mol. The van der Waals surface area contributed by atoms with Gasteiger partial charge in [0.15, 0.2) is 0 Å². The molecule has 1 aliphatic rings. The SMILES string of the molecule is CCC1CN(CCOC)C(c2ccccc2)CN1. The summed E-state index contributed by atoms with van der Waals surface area (Å²) in [7, 11) is 1.77. The van der Waals surface area contributed by atoms with Gasteiger partial charge in [0.05, 0.1) is 6.61 Å². The molecule has 3 heteroatoms. The third-order valence-electron chi connectivity index (χ3n) is 3.76. The van der Waals surface area contributed by atoms with Crippen LogP contribution in [0, 0.1) is 0 Å². The van der Waals surface area contributed by atoms with Gasteiger partial charge in [-0.05, 0) is 12.0 Å². The Morgan fingerprint density at radius 2 is 2.11 bits per heavy atom. The van der Waals surface area contributed by atoms with Crippen LogP contribution in [0.4, 0.5) is 0 Å². The summed E-state index contributed by atoms with van der Waals surface area (Å²) < 4.78 is 5.24. The first-order valence-corrected chi connectivity index (χ1v) is 6.86. The van der Waals surface area contributed by atoms with Gasteiger partial charge >= 0.3 is 0 Å². The summed E-state index contributed by atoms with van der Waals surface area (Å²) in [5, 5.41) is 3.64. The molecular weight excluding hydrogens is 224 g/mol. The molecule has 0 aliphatic carbocycles. The lowest BCUT2D eigenvalue weighted by Crippen LogP contribution is -2.52. The molecule has 1 heterocycles. The van der Waals surface area contributed by atoms with Gasteiger partial charge in [-0.25, -0.2) is 0 Å². The zero-order valence-corrected chi connectivity index (χ0v) is 11.4. The minimum absolute atomic E-state index is 0.476. The van der Waals surface area contributed by atoms with Gasteiger partial charge < -0.3 is 10.1 Å². The van der Waals surface area contributed by atoms with Crippen molar-refractivity contribution in [2.24, 2.45) is 0 Å². The highest BCUT2D eigenvalue weighted by atomic mass is 16.5. The van der Waals surface area contributed by atoms with E-state index in [2.05, 4.69) is 47.5 Å². The molecule has 2 rings (SSSR count). The number of piperazine rings is 1. The summed E-state index contributed by atoms with van der Waals surface area (Å²) >= 11 is 0. The average molecular weight is 248 g/mol. The maximum absolute atomic E-state index is 5.24. The second-order valence-electron chi connectivity index (χ2n) is 4.93. The van der Waals surface area contributed by atoms with Crippen molar-refractivity contribution in [1.29, 1.82) is 0 Å². The molecule has 1 saturated heterocycles. The van der Waals surface area contributed by atoms with Crippen LogP contribution in [0.5, 0.6) is 0 Å². The van der Waals surface area contributed by atoms with E-state index >= 15 is 0 Å².